The van der Waals surface area contributed by atoms with Crippen LogP contribution in [0.1, 0.15) is 35.3 Å². The van der Waals surface area contributed by atoms with E-state index in [0.717, 1.165) is 27.9 Å². The number of carbonyl (C=O) groups excluding carboxylic acids is 2. The fraction of sp³-hybridized carbons (Fsp3) is 0.222. The second kappa shape index (κ2) is 9.39. The van der Waals surface area contributed by atoms with Gasteiger partial charge < -0.3 is 20.6 Å². The van der Waals surface area contributed by atoms with Crippen molar-refractivity contribution < 1.29 is 19.5 Å². The summed E-state index contributed by atoms with van der Waals surface area (Å²) in [6, 6.07) is 19.3. The summed E-state index contributed by atoms with van der Waals surface area (Å²) in [7, 11) is 0. The van der Waals surface area contributed by atoms with Crippen LogP contribution in [0, 0.1) is 12.8 Å². The summed E-state index contributed by atoms with van der Waals surface area (Å²) in [5, 5.41) is 15.2. The third kappa shape index (κ3) is 4.78. The highest BCUT2D eigenvalue weighted by Crippen LogP contribution is 2.31. The number of hydrogen-bond acceptors (Lipinski definition) is 3. The van der Waals surface area contributed by atoms with Gasteiger partial charge in [0, 0.05) is 23.5 Å². The SMILES string of the molecule is Cc1cccc(NC(=O)Nc2ccc(-c3ccc4c(c3)CN([C@H](C(=O)O)C(C)C)C4=O)cc2)c1. The quantitative estimate of drug-likeness (QED) is 0.463. The van der Waals surface area contributed by atoms with Crippen LogP contribution < -0.4 is 10.6 Å². The first-order chi connectivity index (χ1) is 16.2. The van der Waals surface area contributed by atoms with Crippen LogP contribution in [-0.4, -0.2) is 34.0 Å². The van der Waals surface area contributed by atoms with Crippen LogP contribution >= 0.6 is 0 Å². The topological polar surface area (TPSA) is 98.7 Å². The van der Waals surface area contributed by atoms with Crippen LogP contribution in [0.4, 0.5) is 16.2 Å². The largest absolute Gasteiger partial charge is 0.480 e. The van der Waals surface area contributed by atoms with E-state index < -0.39 is 12.0 Å². The van der Waals surface area contributed by atoms with E-state index in [1.807, 2.05) is 67.6 Å². The number of benzene rings is 3. The van der Waals surface area contributed by atoms with E-state index in [0.29, 0.717) is 11.3 Å². The standard InChI is InChI=1S/C27H27N3O4/c1-16(2)24(26(32)33)30-15-20-14-19(9-12-23(20)25(30)31)18-7-10-21(11-8-18)28-27(34)29-22-6-4-5-17(3)13-22/h4-14,16,24H,15H2,1-3H3,(H,32,33)(H2,28,29,34)/t24-/m0/s1. The van der Waals surface area contributed by atoms with Crippen LogP contribution in [0.25, 0.3) is 11.1 Å². The number of amides is 3. The third-order valence-electron chi connectivity index (χ3n) is 5.91. The second-order valence-corrected chi connectivity index (χ2v) is 8.86. The predicted molar refractivity (Wildman–Crippen MR) is 132 cm³/mol. The smallest absolute Gasteiger partial charge is 0.326 e. The van der Waals surface area contributed by atoms with Crippen LogP contribution in [0.5, 0.6) is 0 Å². The first-order valence-electron chi connectivity index (χ1n) is 11.1. The Labute approximate surface area is 198 Å². The predicted octanol–water partition coefficient (Wildman–Crippen LogP) is 5.37. The van der Waals surface area contributed by atoms with Crippen molar-refractivity contribution in [2.75, 3.05) is 10.6 Å². The number of rotatable bonds is 6. The van der Waals surface area contributed by atoms with Gasteiger partial charge in [-0.1, -0.05) is 44.2 Å². The van der Waals surface area contributed by atoms with Gasteiger partial charge in [0.15, 0.2) is 0 Å². The van der Waals surface area contributed by atoms with Crippen molar-refractivity contribution in [2.45, 2.75) is 33.4 Å². The lowest BCUT2D eigenvalue weighted by Crippen LogP contribution is -2.44. The molecule has 34 heavy (non-hydrogen) atoms. The maximum atomic E-state index is 12.8. The van der Waals surface area contributed by atoms with Gasteiger partial charge in [-0.3, -0.25) is 4.79 Å². The summed E-state index contributed by atoms with van der Waals surface area (Å²) in [6.07, 6.45) is 0. The molecule has 3 amide bonds. The van der Waals surface area contributed by atoms with E-state index in [-0.39, 0.29) is 24.4 Å². The highest BCUT2D eigenvalue weighted by atomic mass is 16.4. The van der Waals surface area contributed by atoms with Crippen molar-refractivity contribution in [3.63, 3.8) is 0 Å². The number of fused-ring (bicyclic) bond motifs is 1. The van der Waals surface area contributed by atoms with Crippen molar-refractivity contribution >= 4 is 29.3 Å². The molecule has 0 saturated carbocycles. The minimum absolute atomic E-state index is 0.196. The number of hydrogen-bond donors (Lipinski definition) is 3. The molecule has 0 saturated heterocycles. The van der Waals surface area contributed by atoms with Gasteiger partial charge in [0.1, 0.15) is 6.04 Å². The van der Waals surface area contributed by atoms with Gasteiger partial charge in [-0.2, -0.15) is 0 Å². The summed E-state index contributed by atoms with van der Waals surface area (Å²) >= 11 is 0. The molecule has 1 heterocycles. The zero-order chi connectivity index (χ0) is 24.4. The lowest BCUT2D eigenvalue weighted by molar-refractivity contribution is -0.144. The van der Waals surface area contributed by atoms with Crippen molar-refractivity contribution in [1.82, 2.24) is 4.90 Å². The first-order valence-corrected chi connectivity index (χ1v) is 11.1. The Morgan fingerprint density at radius 2 is 1.59 bits per heavy atom. The summed E-state index contributed by atoms with van der Waals surface area (Å²) in [6.45, 7) is 5.84. The molecule has 0 unspecified atom stereocenters. The molecule has 0 aromatic heterocycles. The number of carboxylic acid groups (broad SMARTS) is 1. The van der Waals surface area contributed by atoms with Gasteiger partial charge in [-0.05, 0) is 71.5 Å². The highest BCUT2D eigenvalue weighted by molar-refractivity contribution is 6.01. The highest BCUT2D eigenvalue weighted by Gasteiger charge is 2.38. The molecule has 1 atom stereocenters. The fourth-order valence-electron chi connectivity index (χ4n) is 4.29. The zero-order valence-electron chi connectivity index (χ0n) is 19.3. The Bertz CT molecular complexity index is 1250. The molecule has 174 valence electrons. The van der Waals surface area contributed by atoms with E-state index in [2.05, 4.69) is 10.6 Å². The van der Waals surface area contributed by atoms with Gasteiger partial charge in [-0.15, -0.1) is 0 Å². The number of urea groups is 1. The van der Waals surface area contributed by atoms with Crippen LogP contribution in [0.3, 0.4) is 0 Å². The Morgan fingerprint density at radius 1 is 0.912 bits per heavy atom. The molecular formula is C27H27N3O4. The zero-order valence-corrected chi connectivity index (χ0v) is 19.3. The monoisotopic (exact) mass is 457 g/mol. The molecule has 0 bridgehead atoms. The van der Waals surface area contributed by atoms with E-state index in [1.165, 1.54) is 4.90 Å². The molecule has 3 aromatic carbocycles. The van der Waals surface area contributed by atoms with E-state index >= 15 is 0 Å². The van der Waals surface area contributed by atoms with E-state index in [1.54, 1.807) is 19.9 Å². The molecular weight excluding hydrogens is 430 g/mol. The Kier molecular flexibility index (Phi) is 6.36. The minimum atomic E-state index is -0.995. The van der Waals surface area contributed by atoms with Gasteiger partial charge in [0.25, 0.3) is 5.91 Å². The summed E-state index contributed by atoms with van der Waals surface area (Å²) in [5.41, 5.74) is 5.63. The van der Waals surface area contributed by atoms with E-state index in [9.17, 15) is 19.5 Å². The molecule has 0 spiro atoms. The maximum absolute atomic E-state index is 12.8. The maximum Gasteiger partial charge on any atom is 0.326 e. The normalized spacial score (nSPS) is 13.5. The summed E-state index contributed by atoms with van der Waals surface area (Å²) < 4.78 is 0. The number of aryl methyl sites for hydroxylation is 1. The van der Waals surface area contributed by atoms with Crippen molar-refractivity contribution in [3.8, 4) is 11.1 Å². The van der Waals surface area contributed by atoms with Crippen molar-refractivity contribution in [2.24, 2.45) is 5.92 Å². The van der Waals surface area contributed by atoms with E-state index in [4.69, 9.17) is 0 Å². The molecule has 7 heteroatoms. The molecule has 0 fully saturated rings. The van der Waals surface area contributed by atoms with Crippen LogP contribution in [-0.2, 0) is 11.3 Å². The fourth-order valence-corrected chi connectivity index (χ4v) is 4.29. The van der Waals surface area contributed by atoms with Gasteiger partial charge in [0.2, 0.25) is 0 Å². The lowest BCUT2D eigenvalue weighted by atomic mass is 10.0. The average Bonchev–Trinajstić information content (AvgIpc) is 3.09. The molecule has 0 radical (unpaired) electrons. The number of nitrogens with zero attached hydrogens (tertiary/aromatic N) is 1. The first kappa shape index (κ1) is 23.0. The second-order valence-electron chi connectivity index (χ2n) is 8.86. The molecule has 4 rings (SSSR count). The van der Waals surface area contributed by atoms with Gasteiger partial charge in [0.05, 0.1) is 0 Å². The van der Waals surface area contributed by atoms with Crippen molar-refractivity contribution in [3.05, 3.63) is 83.4 Å². The Balaban J connectivity index is 1.46. The summed E-state index contributed by atoms with van der Waals surface area (Å²) in [4.78, 5) is 38.2. The number of aliphatic carboxylic acids is 1. The van der Waals surface area contributed by atoms with Gasteiger partial charge in [-0.25, -0.2) is 9.59 Å². The molecule has 1 aliphatic rings. The number of anilines is 2. The van der Waals surface area contributed by atoms with Crippen LogP contribution in [0.15, 0.2) is 66.7 Å². The molecule has 3 N–H and O–H groups in total. The van der Waals surface area contributed by atoms with Crippen molar-refractivity contribution in [1.29, 1.82) is 0 Å². The number of carboxylic acids is 1. The third-order valence-corrected chi connectivity index (χ3v) is 5.91. The van der Waals surface area contributed by atoms with Gasteiger partial charge >= 0.3 is 12.0 Å². The average molecular weight is 458 g/mol. The Morgan fingerprint density at radius 3 is 2.24 bits per heavy atom. The minimum Gasteiger partial charge on any atom is -0.480 e. The number of carbonyl (C=O) groups is 3. The molecule has 0 aliphatic carbocycles. The molecule has 7 nitrogen and oxygen atoms in total. The summed E-state index contributed by atoms with van der Waals surface area (Å²) in [5.74, 6) is -1.44. The van der Waals surface area contributed by atoms with Crippen LogP contribution in [0.2, 0.25) is 0 Å². The molecule has 1 aliphatic heterocycles. The Hall–Kier alpha value is -4.13. The number of nitrogens with one attached hydrogen (secondary N) is 2. The lowest BCUT2D eigenvalue weighted by Gasteiger charge is -2.27. The molecule has 3 aromatic rings.